The van der Waals surface area contributed by atoms with E-state index < -0.39 is 7.12 Å². The number of ether oxygens (including phenoxy) is 1. The molecule has 2 aliphatic rings. The van der Waals surface area contributed by atoms with Crippen molar-refractivity contribution in [3.63, 3.8) is 0 Å². The van der Waals surface area contributed by atoms with Gasteiger partial charge in [0.25, 0.3) is 5.91 Å². The molecule has 1 aromatic heterocycles. The van der Waals surface area contributed by atoms with Crippen LogP contribution in [0.1, 0.15) is 30.1 Å². The third-order valence-corrected chi connectivity index (χ3v) is 4.94. The molecule has 0 unspecified atom stereocenters. The largest absolute Gasteiger partial charge is 0.491 e. The van der Waals surface area contributed by atoms with Crippen LogP contribution < -0.4 is 10.2 Å². The molecule has 8 heteroatoms. The number of nitrogens with zero attached hydrogens (tertiary/aromatic N) is 3. The monoisotopic (exact) mass is 353 g/mol. The van der Waals surface area contributed by atoms with Gasteiger partial charge in [0.15, 0.2) is 6.61 Å². The van der Waals surface area contributed by atoms with Crippen LogP contribution in [0.4, 0.5) is 0 Å². The van der Waals surface area contributed by atoms with E-state index in [4.69, 9.17) is 9.39 Å². The summed E-state index contributed by atoms with van der Waals surface area (Å²) < 4.78 is 10.8. The second kappa shape index (κ2) is 7.43. The highest BCUT2D eigenvalue weighted by Crippen LogP contribution is 2.25. The van der Waals surface area contributed by atoms with Crippen molar-refractivity contribution in [3.05, 3.63) is 48.0 Å². The second-order valence-corrected chi connectivity index (χ2v) is 6.57. The Morgan fingerprint density at radius 1 is 1.31 bits per heavy atom. The standard InChI is InChI=1S/C18H20BN3O4/c23-17(12-25-15-2-3-16-14(10-15)11-26-19(16)24)22-8-4-13(5-9-22)18-20-6-1-7-21-18/h1-3,6-7,10,13,24H,4-5,8-9,11-12H2. The molecule has 0 spiro atoms. The van der Waals surface area contributed by atoms with Crippen molar-refractivity contribution in [2.45, 2.75) is 25.4 Å². The SMILES string of the molecule is O=C(COc1ccc2c(c1)COB2O)N1CCC(c2ncccn2)CC1. The lowest BCUT2D eigenvalue weighted by Gasteiger charge is -2.31. The number of likely N-dealkylation sites (tertiary alicyclic amines) is 1. The van der Waals surface area contributed by atoms with Gasteiger partial charge in [-0.05, 0) is 42.1 Å². The lowest BCUT2D eigenvalue weighted by atomic mass is 9.80. The Morgan fingerprint density at radius 3 is 2.85 bits per heavy atom. The van der Waals surface area contributed by atoms with Gasteiger partial charge >= 0.3 is 7.12 Å². The molecule has 0 saturated carbocycles. The molecule has 2 aliphatic heterocycles. The van der Waals surface area contributed by atoms with Gasteiger partial charge in [-0.25, -0.2) is 9.97 Å². The Balaban J connectivity index is 1.28. The molecule has 1 aromatic carbocycles. The highest BCUT2D eigenvalue weighted by Gasteiger charge is 2.28. The van der Waals surface area contributed by atoms with Gasteiger partial charge in [-0.1, -0.05) is 6.07 Å². The third-order valence-electron chi connectivity index (χ3n) is 4.94. The summed E-state index contributed by atoms with van der Waals surface area (Å²) in [6.45, 7) is 1.75. The van der Waals surface area contributed by atoms with Gasteiger partial charge in [0.1, 0.15) is 11.6 Å². The van der Waals surface area contributed by atoms with Gasteiger partial charge < -0.3 is 19.3 Å². The normalized spacial score (nSPS) is 17.3. The first-order valence-electron chi connectivity index (χ1n) is 8.80. The third kappa shape index (κ3) is 3.56. The predicted octanol–water partition coefficient (Wildman–Crippen LogP) is 0.479. The zero-order valence-corrected chi connectivity index (χ0v) is 14.4. The van der Waals surface area contributed by atoms with E-state index in [0.29, 0.717) is 31.4 Å². The molecule has 7 nitrogen and oxygen atoms in total. The van der Waals surface area contributed by atoms with Gasteiger partial charge in [-0.2, -0.15) is 0 Å². The molecule has 1 saturated heterocycles. The van der Waals surface area contributed by atoms with Crippen LogP contribution in [0.15, 0.2) is 36.7 Å². The van der Waals surface area contributed by atoms with Crippen LogP contribution in [0, 0.1) is 0 Å². The van der Waals surface area contributed by atoms with E-state index in [1.807, 2.05) is 17.0 Å². The van der Waals surface area contributed by atoms with Crippen LogP contribution in [0.5, 0.6) is 5.75 Å². The Kier molecular flexibility index (Phi) is 4.86. The fourth-order valence-electron chi connectivity index (χ4n) is 3.44. The highest BCUT2D eigenvalue weighted by molar-refractivity contribution is 6.61. The molecule has 2 aromatic rings. The van der Waals surface area contributed by atoms with E-state index in [1.54, 1.807) is 24.5 Å². The van der Waals surface area contributed by atoms with Gasteiger partial charge in [-0.3, -0.25) is 4.79 Å². The van der Waals surface area contributed by atoms with Crippen molar-refractivity contribution in [1.29, 1.82) is 0 Å². The van der Waals surface area contributed by atoms with Crippen molar-refractivity contribution in [3.8, 4) is 5.75 Å². The smallest absolute Gasteiger partial charge is 0.484 e. The minimum absolute atomic E-state index is 0.00863. The lowest BCUT2D eigenvalue weighted by Crippen LogP contribution is -2.40. The summed E-state index contributed by atoms with van der Waals surface area (Å²) in [5.74, 6) is 1.76. The molecule has 0 bridgehead atoms. The van der Waals surface area contributed by atoms with Crippen molar-refractivity contribution in [2.24, 2.45) is 0 Å². The molecule has 0 aliphatic carbocycles. The Labute approximate surface area is 152 Å². The van der Waals surface area contributed by atoms with Crippen LogP contribution >= 0.6 is 0 Å². The molecule has 3 heterocycles. The number of carbonyl (C=O) groups excluding carboxylic acids is 1. The second-order valence-electron chi connectivity index (χ2n) is 6.57. The number of fused-ring (bicyclic) bond motifs is 1. The quantitative estimate of drug-likeness (QED) is 0.805. The fourth-order valence-corrected chi connectivity index (χ4v) is 3.44. The number of carbonyl (C=O) groups is 1. The first-order chi connectivity index (χ1) is 12.7. The maximum absolute atomic E-state index is 12.4. The number of piperidine rings is 1. The summed E-state index contributed by atoms with van der Waals surface area (Å²) in [6.07, 6.45) is 5.25. The zero-order chi connectivity index (χ0) is 17.9. The average Bonchev–Trinajstić information content (AvgIpc) is 3.07. The molecule has 0 radical (unpaired) electrons. The van der Waals surface area contributed by atoms with E-state index in [1.165, 1.54) is 0 Å². The molecule has 1 N–H and O–H groups in total. The summed E-state index contributed by atoms with van der Waals surface area (Å²) >= 11 is 0. The number of aromatic nitrogens is 2. The number of rotatable bonds is 4. The van der Waals surface area contributed by atoms with Crippen molar-refractivity contribution < 1.29 is 19.2 Å². The molecule has 1 amide bonds. The number of amides is 1. The van der Waals surface area contributed by atoms with E-state index in [-0.39, 0.29) is 12.5 Å². The molecule has 4 rings (SSSR count). The lowest BCUT2D eigenvalue weighted by molar-refractivity contribution is -0.134. The summed E-state index contributed by atoms with van der Waals surface area (Å²) in [6, 6.07) is 7.16. The van der Waals surface area contributed by atoms with E-state index in [9.17, 15) is 9.82 Å². The van der Waals surface area contributed by atoms with Crippen LogP contribution in [0.2, 0.25) is 0 Å². The maximum Gasteiger partial charge on any atom is 0.491 e. The average molecular weight is 353 g/mol. The topological polar surface area (TPSA) is 84.8 Å². The first-order valence-corrected chi connectivity index (χ1v) is 8.80. The minimum atomic E-state index is -0.865. The molecule has 134 valence electrons. The zero-order valence-electron chi connectivity index (χ0n) is 14.4. The number of hydrogen-bond donors (Lipinski definition) is 1. The molecular weight excluding hydrogens is 333 g/mol. The Hall–Kier alpha value is -2.45. The fraction of sp³-hybridized carbons (Fsp3) is 0.389. The van der Waals surface area contributed by atoms with Gasteiger partial charge in [0, 0.05) is 31.4 Å². The Bertz CT molecular complexity index is 781. The predicted molar refractivity (Wildman–Crippen MR) is 94.9 cm³/mol. The van der Waals surface area contributed by atoms with Crippen LogP contribution in [0.3, 0.4) is 0 Å². The van der Waals surface area contributed by atoms with E-state index in [2.05, 4.69) is 9.97 Å². The van der Waals surface area contributed by atoms with Crippen LogP contribution in [0.25, 0.3) is 0 Å². The van der Waals surface area contributed by atoms with E-state index >= 15 is 0 Å². The highest BCUT2D eigenvalue weighted by atomic mass is 16.5. The summed E-state index contributed by atoms with van der Waals surface area (Å²) in [5, 5.41) is 9.63. The molecule has 0 atom stereocenters. The van der Waals surface area contributed by atoms with Crippen molar-refractivity contribution in [2.75, 3.05) is 19.7 Å². The number of benzene rings is 1. The van der Waals surface area contributed by atoms with Crippen molar-refractivity contribution >= 4 is 18.5 Å². The van der Waals surface area contributed by atoms with Gasteiger partial charge in [-0.15, -0.1) is 0 Å². The Morgan fingerprint density at radius 2 is 2.08 bits per heavy atom. The summed E-state index contributed by atoms with van der Waals surface area (Å²) in [4.78, 5) is 22.9. The first kappa shape index (κ1) is 17.0. The summed E-state index contributed by atoms with van der Waals surface area (Å²) in [5.41, 5.74) is 1.65. The van der Waals surface area contributed by atoms with Gasteiger partial charge in [0.05, 0.1) is 6.61 Å². The molecule has 1 fully saturated rings. The van der Waals surface area contributed by atoms with Crippen LogP contribution in [-0.2, 0) is 16.1 Å². The van der Waals surface area contributed by atoms with Gasteiger partial charge in [0.2, 0.25) is 0 Å². The molecular formula is C18H20BN3O4. The van der Waals surface area contributed by atoms with Crippen molar-refractivity contribution in [1.82, 2.24) is 14.9 Å². The van der Waals surface area contributed by atoms with Crippen LogP contribution in [-0.4, -0.2) is 52.6 Å². The minimum Gasteiger partial charge on any atom is -0.484 e. The molecule has 26 heavy (non-hydrogen) atoms. The maximum atomic E-state index is 12.4. The number of hydrogen-bond acceptors (Lipinski definition) is 6. The van der Waals surface area contributed by atoms with E-state index in [0.717, 1.165) is 29.7 Å². The summed E-state index contributed by atoms with van der Waals surface area (Å²) in [7, 11) is -0.865.